The molecule has 0 aliphatic carbocycles. The van der Waals surface area contributed by atoms with Crippen LogP contribution in [0.2, 0.25) is 0 Å². The molecule has 2 rings (SSSR count). The molecule has 0 spiro atoms. The lowest BCUT2D eigenvalue weighted by atomic mass is 10.1. The topological polar surface area (TPSA) is 12.9 Å². The van der Waals surface area contributed by atoms with Crippen molar-refractivity contribution < 1.29 is 0 Å². The van der Waals surface area contributed by atoms with Crippen LogP contribution in [0.5, 0.6) is 0 Å². The Morgan fingerprint density at radius 2 is 2.12 bits per heavy atom. The summed E-state index contributed by atoms with van der Waals surface area (Å²) in [5.41, 5.74) is 2.55. The van der Waals surface area contributed by atoms with Gasteiger partial charge < -0.3 is 0 Å². The molecule has 0 atom stereocenters. The Hall–Kier alpha value is -0.410. The predicted molar refractivity (Wildman–Crippen MR) is 75.2 cm³/mol. The second-order valence-electron chi connectivity index (χ2n) is 4.08. The van der Waals surface area contributed by atoms with E-state index in [9.17, 15) is 0 Å². The Morgan fingerprint density at radius 3 is 2.94 bits per heavy atom. The first-order valence-electron chi connectivity index (χ1n) is 5.84. The van der Waals surface area contributed by atoms with E-state index in [0.29, 0.717) is 0 Å². The van der Waals surface area contributed by atoms with Gasteiger partial charge in [-0.2, -0.15) is 0 Å². The van der Waals surface area contributed by atoms with Crippen LogP contribution < -0.4 is 0 Å². The number of unbranched alkanes of at least 4 members (excludes halogenated alkanes) is 3. The highest BCUT2D eigenvalue weighted by Crippen LogP contribution is 2.27. The summed E-state index contributed by atoms with van der Waals surface area (Å²) in [4.78, 5) is 4.45. The summed E-state index contributed by atoms with van der Waals surface area (Å²) in [5, 5.41) is 0. The second-order valence-corrected chi connectivity index (χ2v) is 6.39. The Morgan fingerprint density at radius 1 is 1.25 bits per heavy atom. The minimum absolute atomic E-state index is 0.977. The van der Waals surface area contributed by atoms with Crippen molar-refractivity contribution in [2.75, 3.05) is 0 Å². The molecular weight excluding hydrogens is 282 g/mol. The molecule has 0 amide bonds. The number of rotatable bonds is 5. The third-order valence-electron chi connectivity index (χ3n) is 2.74. The third kappa shape index (κ3) is 3.05. The quantitative estimate of drug-likeness (QED) is 0.693. The number of hydrogen-bond acceptors (Lipinski definition) is 2. The molecule has 0 N–H and O–H groups in total. The van der Waals surface area contributed by atoms with Crippen LogP contribution in [0.15, 0.2) is 22.1 Å². The van der Waals surface area contributed by atoms with Gasteiger partial charge in [0.15, 0.2) is 3.92 Å². The Balaban J connectivity index is 2.02. The first-order valence-corrected chi connectivity index (χ1v) is 7.45. The van der Waals surface area contributed by atoms with Gasteiger partial charge in [0.2, 0.25) is 0 Å². The van der Waals surface area contributed by atoms with E-state index in [2.05, 4.69) is 46.0 Å². The zero-order valence-corrected chi connectivity index (χ0v) is 11.9. The van der Waals surface area contributed by atoms with Crippen molar-refractivity contribution in [2.45, 2.75) is 39.0 Å². The molecule has 0 aliphatic heterocycles. The van der Waals surface area contributed by atoms with Gasteiger partial charge in [0.25, 0.3) is 0 Å². The van der Waals surface area contributed by atoms with Crippen LogP contribution in [-0.4, -0.2) is 4.98 Å². The van der Waals surface area contributed by atoms with Crippen molar-refractivity contribution >= 4 is 37.5 Å². The lowest BCUT2D eigenvalue weighted by molar-refractivity contribution is 0.667. The average Bonchev–Trinajstić information content (AvgIpc) is 2.64. The van der Waals surface area contributed by atoms with Crippen LogP contribution in [0, 0.1) is 0 Å². The lowest BCUT2D eigenvalue weighted by Crippen LogP contribution is -1.85. The van der Waals surface area contributed by atoms with Crippen molar-refractivity contribution in [2.24, 2.45) is 0 Å². The number of aryl methyl sites for hydroxylation is 1. The second kappa shape index (κ2) is 5.78. The Labute approximate surface area is 109 Å². The smallest absolute Gasteiger partial charge is 0.160 e. The van der Waals surface area contributed by atoms with E-state index in [1.54, 1.807) is 11.3 Å². The Kier molecular flexibility index (Phi) is 4.36. The average molecular weight is 298 g/mol. The molecule has 0 aliphatic rings. The van der Waals surface area contributed by atoms with Gasteiger partial charge in [-0.3, -0.25) is 0 Å². The summed E-state index contributed by atoms with van der Waals surface area (Å²) in [6, 6.07) is 6.65. The highest BCUT2D eigenvalue weighted by atomic mass is 79.9. The maximum Gasteiger partial charge on any atom is 0.160 e. The fraction of sp³-hybridized carbons (Fsp3) is 0.462. The summed E-state index contributed by atoms with van der Waals surface area (Å²) >= 11 is 5.13. The zero-order chi connectivity index (χ0) is 11.4. The number of nitrogens with zero attached hydrogens (tertiary/aromatic N) is 1. The third-order valence-corrected chi connectivity index (χ3v) is 4.23. The van der Waals surface area contributed by atoms with Gasteiger partial charge >= 0.3 is 0 Å². The fourth-order valence-electron chi connectivity index (χ4n) is 1.86. The molecule has 0 saturated carbocycles. The molecule has 1 heterocycles. The summed E-state index contributed by atoms with van der Waals surface area (Å²) in [6.07, 6.45) is 6.48. The van der Waals surface area contributed by atoms with E-state index < -0.39 is 0 Å². The van der Waals surface area contributed by atoms with E-state index in [1.165, 1.54) is 42.4 Å². The van der Waals surface area contributed by atoms with Gasteiger partial charge in [0.1, 0.15) is 0 Å². The molecule has 0 fully saturated rings. The van der Waals surface area contributed by atoms with Gasteiger partial charge in [-0.05, 0) is 46.5 Å². The summed E-state index contributed by atoms with van der Waals surface area (Å²) < 4.78 is 2.25. The van der Waals surface area contributed by atoms with Crippen molar-refractivity contribution in [3.05, 3.63) is 27.7 Å². The van der Waals surface area contributed by atoms with Gasteiger partial charge in [0, 0.05) is 0 Å². The van der Waals surface area contributed by atoms with Crippen molar-refractivity contribution in [3.63, 3.8) is 0 Å². The number of thiazole rings is 1. The van der Waals surface area contributed by atoms with E-state index in [1.807, 2.05) is 0 Å². The molecular formula is C13H16BrNS. The van der Waals surface area contributed by atoms with Crippen LogP contribution >= 0.6 is 27.3 Å². The molecule has 1 aromatic carbocycles. The van der Waals surface area contributed by atoms with Gasteiger partial charge in [-0.25, -0.2) is 4.98 Å². The number of aromatic nitrogens is 1. The SMILES string of the molecule is CCCCCCc1ccc2sc(Br)nc2c1. The van der Waals surface area contributed by atoms with E-state index >= 15 is 0 Å². The minimum Gasteiger partial charge on any atom is -0.229 e. The number of fused-ring (bicyclic) bond motifs is 1. The summed E-state index contributed by atoms with van der Waals surface area (Å²) in [5.74, 6) is 0. The monoisotopic (exact) mass is 297 g/mol. The summed E-state index contributed by atoms with van der Waals surface area (Å²) in [7, 11) is 0. The van der Waals surface area contributed by atoms with E-state index in [4.69, 9.17) is 0 Å². The molecule has 1 nitrogen and oxygen atoms in total. The lowest BCUT2D eigenvalue weighted by Gasteiger charge is -2.00. The van der Waals surface area contributed by atoms with Crippen molar-refractivity contribution in [1.29, 1.82) is 0 Å². The van der Waals surface area contributed by atoms with E-state index in [0.717, 1.165) is 9.43 Å². The van der Waals surface area contributed by atoms with Gasteiger partial charge in [-0.1, -0.05) is 32.3 Å². The first-order chi connectivity index (χ1) is 7.79. The van der Waals surface area contributed by atoms with Crippen molar-refractivity contribution in [1.82, 2.24) is 4.98 Å². The highest BCUT2D eigenvalue weighted by molar-refractivity contribution is 9.11. The summed E-state index contributed by atoms with van der Waals surface area (Å²) in [6.45, 7) is 2.25. The molecule has 0 bridgehead atoms. The molecule has 3 heteroatoms. The van der Waals surface area contributed by atoms with Crippen LogP contribution in [0.4, 0.5) is 0 Å². The zero-order valence-electron chi connectivity index (χ0n) is 9.50. The maximum atomic E-state index is 4.45. The molecule has 16 heavy (non-hydrogen) atoms. The minimum atomic E-state index is 0.977. The molecule has 2 aromatic rings. The van der Waals surface area contributed by atoms with Crippen LogP contribution in [0.1, 0.15) is 38.2 Å². The molecule has 0 unspecified atom stereocenters. The molecule has 0 radical (unpaired) electrons. The highest BCUT2D eigenvalue weighted by Gasteiger charge is 2.02. The van der Waals surface area contributed by atoms with Gasteiger partial charge in [-0.15, -0.1) is 11.3 Å². The first kappa shape index (κ1) is 12.1. The number of benzene rings is 1. The molecule has 1 aromatic heterocycles. The maximum absolute atomic E-state index is 4.45. The fourth-order valence-corrected chi connectivity index (χ4v) is 3.24. The van der Waals surface area contributed by atoms with Crippen LogP contribution in [-0.2, 0) is 6.42 Å². The number of hydrogen-bond donors (Lipinski definition) is 0. The largest absolute Gasteiger partial charge is 0.229 e. The molecule has 86 valence electrons. The standard InChI is InChI=1S/C13H16BrNS/c1-2-3-4-5-6-10-7-8-12-11(9-10)15-13(14)16-12/h7-9H,2-6H2,1H3. The Bertz CT molecular complexity index is 464. The van der Waals surface area contributed by atoms with Gasteiger partial charge in [0.05, 0.1) is 10.2 Å². The van der Waals surface area contributed by atoms with Crippen LogP contribution in [0.25, 0.3) is 10.2 Å². The predicted octanol–water partition coefficient (Wildman–Crippen LogP) is 5.18. The van der Waals surface area contributed by atoms with Crippen molar-refractivity contribution in [3.8, 4) is 0 Å². The number of halogens is 1. The van der Waals surface area contributed by atoms with E-state index in [-0.39, 0.29) is 0 Å². The molecule has 0 saturated heterocycles. The normalized spacial score (nSPS) is 11.1. The van der Waals surface area contributed by atoms with Crippen LogP contribution in [0.3, 0.4) is 0 Å².